The quantitative estimate of drug-likeness (QED) is 0.847. The predicted molar refractivity (Wildman–Crippen MR) is 75.7 cm³/mol. The van der Waals surface area contributed by atoms with Crippen molar-refractivity contribution in [3.05, 3.63) is 46.8 Å². The van der Waals surface area contributed by atoms with Crippen molar-refractivity contribution in [3.63, 3.8) is 0 Å². The van der Waals surface area contributed by atoms with Gasteiger partial charge in [-0.25, -0.2) is 0 Å². The van der Waals surface area contributed by atoms with Crippen LogP contribution in [0.4, 0.5) is 0 Å². The van der Waals surface area contributed by atoms with E-state index in [-0.39, 0.29) is 12.2 Å². The number of hydrogen-bond acceptors (Lipinski definition) is 3. The standard InChI is InChI=1S/C15H14O3S/c1-2-12(16)13-8-11(9-14(17)18)15(19-13)10-6-4-3-5-7-10/h3-8H,2,9H2,1H3,(H,17,18). The van der Waals surface area contributed by atoms with E-state index in [9.17, 15) is 9.59 Å². The monoisotopic (exact) mass is 274 g/mol. The number of rotatable bonds is 5. The number of ketones is 1. The number of carbonyl (C=O) groups is 2. The molecule has 0 aliphatic carbocycles. The Morgan fingerprint density at radius 1 is 1.21 bits per heavy atom. The largest absolute Gasteiger partial charge is 0.481 e. The minimum atomic E-state index is -0.884. The van der Waals surface area contributed by atoms with Crippen molar-refractivity contribution in [2.24, 2.45) is 0 Å². The van der Waals surface area contributed by atoms with Gasteiger partial charge in [0, 0.05) is 11.3 Å². The van der Waals surface area contributed by atoms with Crippen molar-refractivity contribution in [1.29, 1.82) is 0 Å². The first-order chi connectivity index (χ1) is 9.11. The van der Waals surface area contributed by atoms with Gasteiger partial charge < -0.3 is 5.11 Å². The molecule has 19 heavy (non-hydrogen) atoms. The van der Waals surface area contributed by atoms with Crippen LogP contribution in [0.1, 0.15) is 28.6 Å². The van der Waals surface area contributed by atoms with Crippen LogP contribution < -0.4 is 0 Å². The van der Waals surface area contributed by atoms with Crippen molar-refractivity contribution in [2.75, 3.05) is 0 Å². The zero-order valence-electron chi connectivity index (χ0n) is 10.6. The molecule has 0 atom stereocenters. The molecule has 2 aromatic rings. The summed E-state index contributed by atoms with van der Waals surface area (Å²) in [7, 11) is 0. The van der Waals surface area contributed by atoms with Gasteiger partial charge in [0.2, 0.25) is 0 Å². The molecule has 4 heteroatoms. The highest BCUT2D eigenvalue weighted by molar-refractivity contribution is 7.17. The van der Waals surface area contributed by atoms with Crippen LogP contribution >= 0.6 is 11.3 Å². The third-order valence-electron chi connectivity index (χ3n) is 2.78. The lowest BCUT2D eigenvalue weighted by Gasteiger charge is -2.00. The molecule has 98 valence electrons. The lowest BCUT2D eigenvalue weighted by Crippen LogP contribution is -2.00. The highest BCUT2D eigenvalue weighted by atomic mass is 32.1. The second-order valence-electron chi connectivity index (χ2n) is 4.18. The summed E-state index contributed by atoms with van der Waals surface area (Å²) in [6.45, 7) is 1.81. The Balaban J connectivity index is 2.48. The number of carbonyl (C=O) groups excluding carboxylic acids is 1. The fraction of sp³-hybridized carbons (Fsp3) is 0.200. The summed E-state index contributed by atoms with van der Waals surface area (Å²) in [5.74, 6) is -0.829. The fourth-order valence-corrected chi connectivity index (χ4v) is 3.06. The van der Waals surface area contributed by atoms with E-state index in [0.29, 0.717) is 16.9 Å². The van der Waals surface area contributed by atoms with E-state index in [1.807, 2.05) is 30.3 Å². The summed E-state index contributed by atoms with van der Waals surface area (Å²) >= 11 is 1.37. The van der Waals surface area contributed by atoms with E-state index in [4.69, 9.17) is 5.11 Å². The average Bonchev–Trinajstić information content (AvgIpc) is 2.82. The second-order valence-corrected chi connectivity index (χ2v) is 5.23. The number of carboxylic acid groups (broad SMARTS) is 1. The molecule has 1 N–H and O–H groups in total. The topological polar surface area (TPSA) is 54.4 Å². The van der Waals surface area contributed by atoms with Crippen molar-refractivity contribution in [1.82, 2.24) is 0 Å². The van der Waals surface area contributed by atoms with Crippen molar-refractivity contribution >= 4 is 23.1 Å². The van der Waals surface area contributed by atoms with Crippen LogP contribution in [0.25, 0.3) is 10.4 Å². The molecule has 0 radical (unpaired) electrons. The van der Waals surface area contributed by atoms with Gasteiger partial charge in [-0.15, -0.1) is 11.3 Å². The molecule has 2 rings (SSSR count). The Labute approximate surface area is 115 Å². The van der Waals surface area contributed by atoms with Gasteiger partial charge in [-0.1, -0.05) is 37.3 Å². The zero-order chi connectivity index (χ0) is 13.8. The van der Waals surface area contributed by atoms with E-state index >= 15 is 0 Å². The van der Waals surface area contributed by atoms with E-state index in [1.54, 1.807) is 13.0 Å². The van der Waals surface area contributed by atoms with Gasteiger partial charge in [0.1, 0.15) is 0 Å². The summed E-state index contributed by atoms with van der Waals surface area (Å²) in [5.41, 5.74) is 1.67. The second kappa shape index (κ2) is 5.80. The van der Waals surface area contributed by atoms with Crippen molar-refractivity contribution < 1.29 is 14.7 Å². The first kappa shape index (κ1) is 13.5. The summed E-state index contributed by atoms with van der Waals surface area (Å²) in [5, 5.41) is 8.96. The number of benzene rings is 1. The zero-order valence-corrected chi connectivity index (χ0v) is 11.4. The fourth-order valence-electron chi connectivity index (χ4n) is 1.87. The van der Waals surface area contributed by atoms with Crippen LogP contribution in [0.5, 0.6) is 0 Å². The van der Waals surface area contributed by atoms with Gasteiger partial charge in [-0.05, 0) is 17.2 Å². The maximum atomic E-state index is 11.8. The van der Waals surface area contributed by atoms with Crippen LogP contribution in [0.2, 0.25) is 0 Å². The highest BCUT2D eigenvalue weighted by Gasteiger charge is 2.16. The Morgan fingerprint density at radius 2 is 1.89 bits per heavy atom. The van der Waals surface area contributed by atoms with E-state index in [2.05, 4.69) is 0 Å². The molecular formula is C15H14O3S. The molecule has 0 fully saturated rings. The molecule has 3 nitrogen and oxygen atoms in total. The maximum Gasteiger partial charge on any atom is 0.307 e. The molecule has 1 heterocycles. The average molecular weight is 274 g/mol. The van der Waals surface area contributed by atoms with Gasteiger partial charge in [0.25, 0.3) is 0 Å². The number of hydrogen-bond donors (Lipinski definition) is 1. The van der Waals surface area contributed by atoms with Crippen LogP contribution in [-0.4, -0.2) is 16.9 Å². The third kappa shape index (κ3) is 3.09. The SMILES string of the molecule is CCC(=O)c1cc(CC(=O)O)c(-c2ccccc2)s1. The van der Waals surface area contributed by atoms with E-state index in [1.165, 1.54) is 11.3 Å². The van der Waals surface area contributed by atoms with Gasteiger partial charge >= 0.3 is 5.97 Å². The highest BCUT2D eigenvalue weighted by Crippen LogP contribution is 2.33. The summed E-state index contributed by atoms with van der Waals surface area (Å²) in [6, 6.07) is 11.3. The third-order valence-corrected chi connectivity index (χ3v) is 4.05. The maximum absolute atomic E-state index is 11.8. The van der Waals surface area contributed by atoms with E-state index < -0.39 is 5.97 Å². The van der Waals surface area contributed by atoms with Crippen LogP contribution in [0.3, 0.4) is 0 Å². The van der Waals surface area contributed by atoms with E-state index in [0.717, 1.165) is 10.4 Å². The first-order valence-corrected chi connectivity index (χ1v) is 6.86. The molecule has 0 saturated carbocycles. The number of thiophene rings is 1. The molecular weight excluding hydrogens is 260 g/mol. The first-order valence-electron chi connectivity index (χ1n) is 6.05. The van der Waals surface area contributed by atoms with Gasteiger partial charge in [0.15, 0.2) is 5.78 Å². The van der Waals surface area contributed by atoms with Gasteiger partial charge in [-0.3, -0.25) is 9.59 Å². The van der Waals surface area contributed by atoms with Crippen LogP contribution in [0.15, 0.2) is 36.4 Å². The normalized spacial score (nSPS) is 10.4. The Hall–Kier alpha value is -1.94. The summed E-state index contributed by atoms with van der Waals surface area (Å²) < 4.78 is 0. The lowest BCUT2D eigenvalue weighted by molar-refractivity contribution is -0.136. The summed E-state index contributed by atoms with van der Waals surface area (Å²) in [4.78, 5) is 24.2. The molecule has 1 aromatic heterocycles. The Kier molecular flexibility index (Phi) is 4.12. The predicted octanol–water partition coefficient (Wildman–Crippen LogP) is 3.63. The lowest BCUT2D eigenvalue weighted by atomic mass is 10.1. The minimum absolute atomic E-state index is 0.0545. The van der Waals surface area contributed by atoms with Crippen molar-refractivity contribution in [3.8, 4) is 10.4 Å². The van der Waals surface area contributed by atoms with Crippen LogP contribution in [-0.2, 0) is 11.2 Å². The number of carboxylic acids is 1. The molecule has 1 aromatic carbocycles. The minimum Gasteiger partial charge on any atom is -0.481 e. The molecule has 0 saturated heterocycles. The molecule has 0 aliphatic rings. The molecule has 0 amide bonds. The summed E-state index contributed by atoms with van der Waals surface area (Å²) in [6.07, 6.45) is 0.374. The molecule has 0 unspecified atom stereocenters. The smallest absolute Gasteiger partial charge is 0.307 e. The van der Waals surface area contributed by atoms with Crippen LogP contribution in [0, 0.1) is 0 Å². The van der Waals surface area contributed by atoms with Crippen molar-refractivity contribution in [2.45, 2.75) is 19.8 Å². The van der Waals surface area contributed by atoms with Gasteiger partial charge in [-0.2, -0.15) is 0 Å². The Bertz CT molecular complexity index is 599. The molecule has 0 spiro atoms. The van der Waals surface area contributed by atoms with Gasteiger partial charge in [0.05, 0.1) is 11.3 Å². The molecule has 0 aliphatic heterocycles. The number of aliphatic carboxylic acids is 1. The molecule has 0 bridgehead atoms. The Morgan fingerprint density at radius 3 is 2.47 bits per heavy atom. The number of Topliss-reactive ketones (excluding diaryl/α,β-unsaturated/α-hetero) is 1.